The van der Waals surface area contributed by atoms with E-state index in [0.717, 1.165) is 0 Å². The maximum Gasteiger partial charge on any atom is 0.311 e. The molecule has 0 aromatic carbocycles. The summed E-state index contributed by atoms with van der Waals surface area (Å²) in [4.78, 5) is 30.1. The Balaban J connectivity index is 2.18. The maximum absolute atomic E-state index is 14.2. The molecule has 0 bridgehead atoms. The van der Waals surface area contributed by atoms with Crippen LogP contribution in [0.1, 0.15) is 109 Å². The van der Waals surface area contributed by atoms with E-state index >= 15 is 0 Å². The van der Waals surface area contributed by atoms with E-state index in [0.29, 0.717) is 19.3 Å². The number of carbonyl (C=O) groups excluding carboxylic acids is 2. The summed E-state index contributed by atoms with van der Waals surface area (Å²) in [6.45, 7) is 22.3. The summed E-state index contributed by atoms with van der Waals surface area (Å²) in [6.07, 6.45) is -5.70. The number of aliphatic hydroxyl groups excluding tert-OH is 2. The number of rotatable bonds is 7. The zero-order chi connectivity index (χ0) is 39.0. The van der Waals surface area contributed by atoms with Crippen LogP contribution in [-0.2, 0) is 38.0 Å². The number of aliphatic hydroxyl groups is 3. The first-order chi connectivity index (χ1) is 23.4. The second kappa shape index (κ2) is 17.1. The van der Waals surface area contributed by atoms with Crippen molar-refractivity contribution in [2.45, 2.75) is 181 Å². The molecule has 0 radical (unpaired) electrons. The van der Waals surface area contributed by atoms with Crippen LogP contribution in [0.5, 0.6) is 0 Å². The second-order valence-corrected chi connectivity index (χ2v) is 17.4. The Hall–Kier alpha value is -1.22. The minimum Gasteiger partial charge on any atom is -0.459 e. The van der Waals surface area contributed by atoms with E-state index < -0.39 is 89.4 Å². The minimum atomic E-state index is -1.90. The number of methoxy groups -OCH3 is 1. The molecule has 0 aromatic heterocycles. The molecule has 298 valence electrons. The quantitative estimate of drug-likeness (QED) is 0.320. The molecular weight excluding hydrogens is 658 g/mol. The molecule has 17 atom stereocenters. The third-order valence-electron chi connectivity index (χ3n) is 12.7. The molecule has 3 saturated heterocycles. The van der Waals surface area contributed by atoms with E-state index in [4.69, 9.17) is 28.4 Å². The average Bonchev–Trinajstić information content (AvgIpc) is 3.05. The number of Topliss-reactive ketones (excluding diaryl/α,β-unsaturated/α-hetero) is 1. The van der Waals surface area contributed by atoms with Gasteiger partial charge >= 0.3 is 5.97 Å². The van der Waals surface area contributed by atoms with E-state index in [-0.39, 0.29) is 36.4 Å². The molecule has 12 heteroatoms. The standard InChI is InChI=1S/C39H71NO11/c1-16-28-39(12,45)33(43)22(4)30(41)20(2)18-37(9,10)34(51-36-31(42)27(40(13)14)17-21(3)47-36)23(5)32(24(6)35(44)49-28)50-29-19-38(11,46-15)25(7)26(8)48-29/h20-29,31-34,36,42-43,45H,16-19H2,1-15H3/t20-,21?,22+,23+,24-,25?,26?,27?,28-,29?,31?,32+,33-,34-,36?,38?,39-/m1/s1. The number of nitrogens with zero attached hydrogens (tertiary/aromatic N) is 1. The molecule has 8 unspecified atom stereocenters. The van der Waals surface area contributed by atoms with Gasteiger partial charge in [0, 0.05) is 43.2 Å². The second-order valence-electron chi connectivity index (χ2n) is 17.4. The van der Waals surface area contributed by atoms with Crippen LogP contribution in [-0.4, -0.2) is 126 Å². The average molecular weight is 730 g/mol. The van der Waals surface area contributed by atoms with Crippen LogP contribution in [0.4, 0.5) is 0 Å². The Morgan fingerprint density at radius 1 is 0.902 bits per heavy atom. The van der Waals surface area contributed by atoms with Gasteiger partial charge in [-0.05, 0) is 73.4 Å². The lowest BCUT2D eigenvalue weighted by molar-refractivity contribution is -0.307. The number of ether oxygens (including phenoxy) is 6. The molecule has 3 rings (SSSR count). The Labute approximate surface area is 307 Å². The smallest absolute Gasteiger partial charge is 0.311 e. The van der Waals surface area contributed by atoms with Crippen LogP contribution in [0.2, 0.25) is 0 Å². The van der Waals surface area contributed by atoms with Crippen LogP contribution in [0.3, 0.4) is 0 Å². The number of hydrogen-bond donors (Lipinski definition) is 3. The lowest BCUT2D eigenvalue weighted by Gasteiger charge is -2.50. The highest BCUT2D eigenvalue weighted by atomic mass is 16.7. The van der Waals surface area contributed by atoms with Crippen LogP contribution in [0.25, 0.3) is 0 Å². The largest absolute Gasteiger partial charge is 0.459 e. The maximum atomic E-state index is 14.2. The van der Waals surface area contributed by atoms with Crippen molar-refractivity contribution in [2.24, 2.45) is 35.0 Å². The number of cyclic esters (lactones) is 1. The highest BCUT2D eigenvalue weighted by molar-refractivity contribution is 5.83. The normalized spacial score (nSPS) is 47.9. The Bertz CT molecular complexity index is 1160. The predicted molar refractivity (Wildman–Crippen MR) is 193 cm³/mol. The van der Waals surface area contributed by atoms with E-state index in [9.17, 15) is 24.9 Å². The molecule has 3 heterocycles. The van der Waals surface area contributed by atoms with E-state index in [2.05, 4.69) is 6.92 Å². The highest BCUT2D eigenvalue weighted by Crippen LogP contribution is 2.44. The molecule has 12 nitrogen and oxygen atoms in total. The lowest BCUT2D eigenvalue weighted by atomic mass is 9.69. The Morgan fingerprint density at radius 3 is 2.06 bits per heavy atom. The van der Waals surface area contributed by atoms with Gasteiger partial charge in [0.05, 0.1) is 42.0 Å². The fourth-order valence-corrected chi connectivity index (χ4v) is 8.94. The summed E-state index contributed by atoms with van der Waals surface area (Å²) in [5, 5.41) is 34.6. The fourth-order valence-electron chi connectivity index (χ4n) is 8.94. The molecule has 51 heavy (non-hydrogen) atoms. The van der Waals surface area contributed by atoms with Crippen molar-refractivity contribution in [1.82, 2.24) is 4.90 Å². The van der Waals surface area contributed by atoms with Crippen LogP contribution in [0.15, 0.2) is 0 Å². The molecule has 3 aliphatic rings. The Morgan fingerprint density at radius 2 is 1.51 bits per heavy atom. The van der Waals surface area contributed by atoms with Crippen molar-refractivity contribution in [2.75, 3.05) is 21.2 Å². The molecular formula is C39H71NO11. The minimum absolute atomic E-state index is 0.0677. The van der Waals surface area contributed by atoms with Crippen LogP contribution < -0.4 is 0 Å². The topological polar surface area (TPSA) is 153 Å². The van der Waals surface area contributed by atoms with Crippen molar-refractivity contribution in [3.8, 4) is 0 Å². The number of esters is 1. The zero-order valence-electron chi connectivity index (χ0n) is 34.0. The van der Waals surface area contributed by atoms with Gasteiger partial charge < -0.3 is 48.6 Å². The van der Waals surface area contributed by atoms with Gasteiger partial charge in [0.25, 0.3) is 0 Å². The molecule has 0 aromatic rings. The molecule has 3 aliphatic heterocycles. The van der Waals surface area contributed by atoms with Crippen molar-refractivity contribution in [3.05, 3.63) is 0 Å². The first-order valence-corrected chi connectivity index (χ1v) is 19.1. The third kappa shape index (κ3) is 9.54. The number of ketones is 1. The SMILES string of the molecule is CC[C@H]1OC(=O)[C@H](C)[C@@H](OC2CC(C)(OC)C(C)C(C)O2)[C@H](C)[C@@H](OC2OC(C)CC(N(C)C)C2O)C(C)(C)C[C@@H](C)C(=O)[C@H](C)[C@@H](O)[C@]1(C)O. The van der Waals surface area contributed by atoms with Crippen LogP contribution in [0, 0.1) is 35.0 Å². The molecule has 3 N–H and O–H groups in total. The first kappa shape index (κ1) is 44.2. The summed E-state index contributed by atoms with van der Waals surface area (Å²) in [6, 6.07) is -0.218. The van der Waals surface area contributed by atoms with Crippen molar-refractivity contribution in [3.63, 3.8) is 0 Å². The van der Waals surface area contributed by atoms with Gasteiger partial charge in [-0.15, -0.1) is 0 Å². The molecule has 3 fully saturated rings. The summed E-state index contributed by atoms with van der Waals surface area (Å²) >= 11 is 0. The lowest BCUT2D eigenvalue weighted by Crippen LogP contribution is -2.59. The van der Waals surface area contributed by atoms with E-state index in [1.54, 1.807) is 27.9 Å². The van der Waals surface area contributed by atoms with Gasteiger partial charge in [-0.3, -0.25) is 9.59 Å². The monoisotopic (exact) mass is 730 g/mol. The van der Waals surface area contributed by atoms with Gasteiger partial charge in [-0.25, -0.2) is 0 Å². The molecule has 0 spiro atoms. The first-order valence-electron chi connectivity index (χ1n) is 19.1. The van der Waals surface area contributed by atoms with Crippen molar-refractivity contribution in [1.29, 1.82) is 0 Å². The fraction of sp³-hybridized carbons (Fsp3) is 0.949. The number of likely N-dealkylation sites (N-methyl/N-ethyl adjacent to an activating group) is 1. The van der Waals surface area contributed by atoms with Gasteiger partial charge in [0.2, 0.25) is 0 Å². The molecule has 0 saturated carbocycles. The number of carbonyl (C=O) groups is 2. The van der Waals surface area contributed by atoms with Crippen molar-refractivity contribution < 1.29 is 53.3 Å². The summed E-state index contributed by atoms with van der Waals surface area (Å²) in [5.41, 5.74) is -3.21. The third-order valence-corrected chi connectivity index (χ3v) is 12.7. The summed E-state index contributed by atoms with van der Waals surface area (Å²) in [5.74, 6) is -3.70. The van der Waals surface area contributed by atoms with Gasteiger partial charge in [0.1, 0.15) is 23.6 Å². The number of hydrogen-bond acceptors (Lipinski definition) is 12. The highest BCUT2D eigenvalue weighted by Gasteiger charge is 2.52. The van der Waals surface area contributed by atoms with E-state index in [1.807, 2.05) is 67.5 Å². The van der Waals surface area contributed by atoms with Crippen molar-refractivity contribution >= 4 is 11.8 Å². The Kier molecular flexibility index (Phi) is 14.8. The van der Waals surface area contributed by atoms with E-state index in [1.165, 1.54) is 6.92 Å². The molecule has 0 aliphatic carbocycles. The summed E-state index contributed by atoms with van der Waals surface area (Å²) < 4.78 is 38.4. The van der Waals surface area contributed by atoms with Crippen LogP contribution >= 0.6 is 0 Å². The van der Waals surface area contributed by atoms with Gasteiger partial charge in [0.15, 0.2) is 12.6 Å². The zero-order valence-corrected chi connectivity index (χ0v) is 34.0. The van der Waals surface area contributed by atoms with Gasteiger partial charge in [-0.1, -0.05) is 48.5 Å². The molecule has 0 amide bonds. The van der Waals surface area contributed by atoms with Gasteiger partial charge in [-0.2, -0.15) is 0 Å². The predicted octanol–water partition coefficient (Wildman–Crippen LogP) is 4.34. The summed E-state index contributed by atoms with van der Waals surface area (Å²) in [7, 11) is 5.50.